The minimum Gasteiger partial charge on any atom is -0.455 e. The number of nitrogens with one attached hydrogen (secondary N) is 1. The van der Waals surface area contributed by atoms with Gasteiger partial charge >= 0.3 is 17.8 Å². The maximum Gasteiger partial charge on any atom is 0.408 e. The summed E-state index contributed by atoms with van der Waals surface area (Å²) in [4.78, 5) is 50.2. The van der Waals surface area contributed by atoms with Crippen LogP contribution in [0.3, 0.4) is 0 Å². The third-order valence-electron chi connectivity index (χ3n) is 8.92. The predicted molar refractivity (Wildman–Crippen MR) is 206 cm³/mol. The molecule has 2 aromatic carbocycles. The molecule has 14 heteroatoms. The molecule has 1 saturated heterocycles. The predicted octanol–water partition coefficient (Wildman–Crippen LogP) is 4.15. The molecule has 5 atom stereocenters. The Kier molecular flexibility index (Phi) is 12.8. The molecular weight excluding hydrogens is 695 g/mol. The van der Waals surface area contributed by atoms with Crippen molar-refractivity contribution in [2.45, 2.75) is 103 Å². The van der Waals surface area contributed by atoms with Crippen LogP contribution in [0.1, 0.15) is 68.5 Å². The van der Waals surface area contributed by atoms with E-state index in [1.54, 1.807) is 53.6 Å². The maximum atomic E-state index is 14.0. The molecule has 0 bridgehead atoms. The fraction of sp³-hybridized carbons (Fsp3) is 0.513. The van der Waals surface area contributed by atoms with Gasteiger partial charge in [-0.1, -0.05) is 95.3 Å². The molecule has 13 nitrogen and oxygen atoms in total. The molecular formula is C39H55N5O8Si. The van der Waals surface area contributed by atoms with Crippen molar-refractivity contribution in [3.8, 4) is 0 Å². The minimum absolute atomic E-state index is 0.114. The third kappa shape index (κ3) is 9.60. The van der Waals surface area contributed by atoms with Crippen molar-refractivity contribution in [2.24, 2.45) is 10.9 Å². The highest BCUT2D eigenvalue weighted by Gasteiger charge is 2.58. The fourth-order valence-corrected chi connectivity index (χ4v) is 11.1. The zero-order valence-electron chi connectivity index (χ0n) is 32.7. The van der Waals surface area contributed by atoms with Crippen molar-refractivity contribution in [1.29, 1.82) is 0 Å². The molecule has 53 heavy (non-hydrogen) atoms. The third-order valence-corrected chi connectivity index (χ3v) is 13.9. The number of ether oxygens (including phenoxy) is 3. The molecule has 1 amide bonds. The number of esters is 1. The van der Waals surface area contributed by atoms with Crippen LogP contribution in [-0.2, 0) is 23.4 Å². The number of hydrogen-bond acceptors (Lipinski definition) is 10. The number of hydrogen-bond donors (Lipinski definition) is 2. The van der Waals surface area contributed by atoms with Gasteiger partial charge in [0.25, 0.3) is 8.32 Å². The number of amides is 1. The number of alkyl carbamates (subject to hydrolysis) is 1. The molecule has 0 radical (unpaired) electrons. The Morgan fingerprint density at radius 2 is 1.60 bits per heavy atom. The zero-order valence-corrected chi connectivity index (χ0v) is 33.7. The number of aliphatic imine (C=N–C) groups is 1. The maximum absolute atomic E-state index is 14.0. The van der Waals surface area contributed by atoms with Crippen LogP contribution in [0.15, 0.2) is 82.7 Å². The summed E-state index contributed by atoms with van der Waals surface area (Å²) in [6.45, 7) is 16.4. The fourth-order valence-electron chi connectivity index (χ4n) is 6.49. The van der Waals surface area contributed by atoms with Gasteiger partial charge in [-0.25, -0.2) is 19.4 Å². The average Bonchev–Trinajstić information content (AvgIpc) is 3.30. The highest BCUT2D eigenvalue weighted by molar-refractivity contribution is 6.99. The molecule has 1 aromatic heterocycles. The first-order valence-electron chi connectivity index (χ1n) is 17.8. The Morgan fingerprint density at radius 3 is 2.08 bits per heavy atom. The van der Waals surface area contributed by atoms with Crippen molar-refractivity contribution < 1.29 is 33.3 Å². The summed E-state index contributed by atoms with van der Waals surface area (Å²) in [5, 5.41) is 16.5. The Morgan fingerprint density at radius 1 is 1.04 bits per heavy atom. The van der Waals surface area contributed by atoms with Crippen molar-refractivity contribution in [3.05, 3.63) is 83.4 Å². The van der Waals surface area contributed by atoms with Crippen LogP contribution in [0.2, 0.25) is 5.04 Å². The quantitative estimate of drug-likeness (QED) is 0.120. The standard InChI is InChI=1S/C39H55N5O8Si/c1-26(2)31(42-36(47)52-37(3,4)5)33(45)51-32-29(50-34(39(32,9)48)44-23-22-30(41-35(44)46)40-25-43(10)11)24-49-53(38(6,7)8,27-18-14-12-15-19-27)28-20-16-13-17-21-28/h12-23,25-26,29,31-32,34,48H,24H2,1-11H3,(H,42,47)/t29-,31?,32?,34-,39+/m1/s1. The summed E-state index contributed by atoms with van der Waals surface area (Å²) in [6.07, 6.45) is -1.59. The topological polar surface area (TPSA) is 154 Å². The van der Waals surface area contributed by atoms with E-state index in [1.165, 1.54) is 25.5 Å². The second-order valence-electron chi connectivity index (χ2n) is 16.1. The molecule has 0 saturated carbocycles. The number of carbonyl (C=O) groups is 2. The van der Waals surface area contributed by atoms with Crippen molar-refractivity contribution in [3.63, 3.8) is 0 Å². The Bertz CT molecular complexity index is 1750. The molecule has 1 fully saturated rings. The molecule has 3 aromatic rings. The number of aliphatic hydroxyl groups is 1. The summed E-state index contributed by atoms with van der Waals surface area (Å²) in [6, 6.07) is 20.4. The lowest BCUT2D eigenvalue weighted by Crippen LogP contribution is -2.67. The zero-order chi connectivity index (χ0) is 39.4. The summed E-state index contributed by atoms with van der Waals surface area (Å²) in [7, 11) is 0.447. The van der Waals surface area contributed by atoms with Gasteiger partial charge in [0.15, 0.2) is 18.1 Å². The van der Waals surface area contributed by atoms with Gasteiger partial charge in [-0.15, -0.1) is 0 Å². The van der Waals surface area contributed by atoms with Crippen molar-refractivity contribution >= 4 is 42.9 Å². The van der Waals surface area contributed by atoms with E-state index in [2.05, 4.69) is 60.3 Å². The largest absolute Gasteiger partial charge is 0.455 e. The van der Waals surface area contributed by atoms with Crippen LogP contribution in [0.4, 0.5) is 10.6 Å². The Labute approximate surface area is 313 Å². The average molecular weight is 750 g/mol. The molecule has 4 rings (SSSR count). The number of carbonyl (C=O) groups excluding carboxylic acids is 2. The molecule has 2 unspecified atom stereocenters. The first-order chi connectivity index (χ1) is 24.7. The van der Waals surface area contributed by atoms with Crippen LogP contribution < -0.4 is 21.4 Å². The molecule has 288 valence electrons. The molecule has 1 aliphatic rings. The highest BCUT2D eigenvalue weighted by atomic mass is 28.4. The van der Waals surface area contributed by atoms with E-state index in [-0.39, 0.29) is 12.4 Å². The number of rotatable bonds is 12. The molecule has 1 aliphatic heterocycles. The van der Waals surface area contributed by atoms with Gasteiger partial charge in [0.05, 0.1) is 12.9 Å². The van der Waals surface area contributed by atoms with E-state index in [1.807, 2.05) is 36.4 Å². The van der Waals surface area contributed by atoms with Gasteiger partial charge in [0.1, 0.15) is 23.3 Å². The lowest BCUT2D eigenvalue weighted by Gasteiger charge is -2.43. The normalized spacial score (nSPS) is 21.4. The molecule has 0 aliphatic carbocycles. The van der Waals surface area contributed by atoms with Gasteiger partial charge in [0, 0.05) is 20.3 Å². The summed E-state index contributed by atoms with van der Waals surface area (Å²) >= 11 is 0. The van der Waals surface area contributed by atoms with Crippen LogP contribution >= 0.6 is 0 Å². The number of benzene rings is 2. The Hall–Kier alpha value is -4.37. The van der Waals surface area contributed by atoms with E-state index < -0.39 is 72.7 Å². The van der Waals surface area contributed by atoms with E-state index in [0.29, 0.717) is 0 Å². The smallest absolute Gasteiger partial charge is 0.408 e. The lowest BCUT2D eigenvalue weighted by atomic mass is 9.95. The summed E-state index contributed by atoms with van der Waals surface area (Å²) in [5.74, 6) is -1.05. The van der Waals surface area contributed by atoms with E-state index >= 15 is 0 Å². The molecule has 0 spiro atoms. The van der Waals surface area contributed by atoms with Crippen LogP contribution in [0.25, 0.3) is 0 Å². The second kappa shape index (κ2) is 16.3. The first-order valence-corrected chi connectivity index (χ1v) is 19.7. The lowest BCUT2D eigenvalue weighted by molar-refractivity contribution is -0.167. The summed E-state index contributed by atoms with van der Waals surface area (Å²) in [5.41, 5.74) is -3.50. The number of aromatic nitrogens is 2. The molecule has 2 N–H and O–H groups in total. The van der Waals surface area contributed by atoms with Crippen LogP contribution in [0, 0.1) is 5.92 Å². The van der Waals surface area contributed by atoms with Crippen LogP contribution in [0.5, 0.6) is 0 Å². The van der Waals surface area contributed by atoms with Gasteiger partial charge in [-0.2, -0.15) is 4.98 Å². The van der Waals surface area contributed by atoms with Crippen molar-refractivity contribution in [1.82, 2.24) is 19.8 Å². The van der Waals surface area contributed by atoms with Gasteiger partial charge in [-0.05, 0) is 55.1 Å². The van der Waals surface area contributed by atoms with E-state index in [4.69, 9.17) is 18.6 Å². The van der Waals surface area contributed by atoms with Crippen molar-refractivity contribution in [2.75, 3.05) is 20.7 Å². The Balaban J connectivity index is 1.78. The van der Waals surface area contributed by atoms with E-state index in [9.17, 15) is 19.5 Å². The number of nitrogens with zero attached hydrogens (tertiary/aromatic N) is 4. The van der Waals surface area contributed by atoms with Gasteiger partial charge in [0.2, 0.25) is 0 Å². The minimum atomic E-state index is -3.13. The molecule has 2 heterocycles. The van der Waals surface area contributed by atoms with Gasteiger partial charge < -0.3 is 34.0 Å². The first kappa shape index (κ1) is 41.4. The van der Waals surface area contributed by atoms with Gasteiger partial charge in [-0.3, -0.25) is 4.57 Å². The van der Waals surface area contributed by atoms with Crippen LogP contribution in [-0.4, -0.2) is 96.4 Å². The monoisotopic (exact) mass is 749 g/mol. The SMILES string of the molecule is CC(C)C(NC(=O)OC(C)(C)C)C(=O)OC1[C@@H](CO[Si](c2ccccc2)(c2ccccc2)C(C)(C)C)O[C@@H](n2ccc(N=CN(C)C)nc2=O)[C@@]1(C)O. The highest BCUT2D eigenvalue weighted by Crippen LogP contribution is 2.42. The second-order valence-corrected chi connectivity index (χ2v) is 20.4. The summed E-state index contributed by atoms with van der Waals surface area (Å²) < 4.78 is 26.4. The van der Waals surface area contributed by atoms with E-state index in [0.717, 1.165) is 14.9 Å².